The number of carbonyl (C=O) groups is 1. The normalized spacial score (nSPS) is 12.2. The van der Waals surface area contributed by atoms with Gasteiger partial charge in [-0.25, -0.2) is 18.4 Å². The summed E-state index contributed by atoms with van der Waals surface area (Å²) in [5, 5.41) is 7.65. The number of carbonyl (C=O) groups excluding carboxylic acids is 1. The Balaban J connectivity index is 1.36. The monoisotopic (exact) mass is 454 g/mol. The van der Waals surface area contributed by atoms with Crippen molar-refractivity contribution in [3.05, 3.63) is 76.4 Å². The van der Waals surface area contributed by atoms with Gasteiger partial charge in [-0.1, -0.05) is 0 Å². The third-order valence-corrected chi connectivity index (χ3v) is 5.98. The van der Waals surface area contributed by atoms with Gasteiger partial charge in [0.05, 0.1) is 18.9 Å². The molecular weight excluding hydrogens is 438 g/mol. The number of hydrogen-bond acceptors (Lipinski definition) is 6. The molecule has 0 aliphatic carbocycles. The molecule has 0 radical (unpaired) electrons. The Bertz CT molecular complexity index is 1330. The van der Waals surface area contributed by atoms with Crippen LogP contribution in [0.5, 0.6) is 11.5 Å². The summed E-state index contributed by atoms with van der Waals surface area (Å²) in [6.45, 7) is 1.92. The number of halogens is 2. The summed E-state index contributed by atoms with van der Waals surface area (Å²) in [5.74, 6) is 0.231. The fraction of sp³-hybridized carbons (Fsp3) is 0.136. The number of anilines is 1. The Kier molecular flexibility index (Phi) is 5.06. The first-order chi connectivity index (χ1) is 15.5. The molecule has 1 N–H and O–H groups in total. The van der Waals surface area contributed by atoms with Crippen LogP contribution < -0.4 is 14.8 Å². The van der Waals surface area contributed by atoms with Crippen molar-refractivity contribution in [3.63, 3.8) is 0 Å². The molecule has 3 heterocycles. The minimum atomic E-state index is -0.548. The molecule has 0 atom stereocenters. The summed E-state index contributed by atoms with van der Waals surface area (Å²) < 4.78 is 39.7. The average molecular weight is 454 g/mol. The molecule has 1 aliphatic heterocycles. The van der Waals surface area contributed by atoms with E-state index in [9.17, 15) is 13.6 Å². The zero-order chi connectivity index (χ0) is 22.2. The molecule has 0 bridgehead atoms. The number of fused-ring (bicyclic) bond motifs is 1. The molecular formula is C22H16F2N4O3S. The van der Waals surface area contributed by atoms with Crippen LogP contribution in [-0.4, -0.2) is 27.5 Å². The fourth-order valence-corrected chi connectivity index (χ4v) is 4.11. The van der Waals surface area contributed by atoms with Crippen LogP contribution in [0.2, 0.25) is 0 Å². The van der Waals surface area contributed by atoms with E-state index in [4.69, 9.17) is 9.47 Å². The van der Waals surface area contributed by atoms with E-state index in [1.54, 1.807) is 19.2 Å². The van der Waals surface area contributed by atoms with E-state index >= 15 is 0 Å². The number of aryl methyl sites for hydroxylation is 1. The summed E-state index contributed by atoms with van der Waals surface area (Å²) >= 11 is 1.22. The number of aromatic nitrogens is 3. The Hall–Kier alpha value is -3.79. The molecule has 0 spiro atoms. The van der Waals surface area contributed by atoms with Gasteiger partial charge in [0.2, 0.25) is 6.79 Å². The quantitative estimate of drug-likeness (QED) is 0.476. The highest BCUT2D eigenvalue weighted by Crippen LogP contribution is 2.37. The van der Waals surface area contributed by atoms with Crippen molar-refractivity contribution in [3.8, 4) is 22.1 Å². The van der Waals surface area contributed by atoms with Crippen LogP contribution in [0.1, 0.15) is 20.8 Å². The number of nitrogens with zero attached hydrogens (tertiary/aromatic N) is 3. The summed E-state index contributed by atoms with van der Waals surface area (Å²) in [6, 6.07) is 8.69. The summed E-state index contributed by atoms with van der Waals surface area (Å²) in [7, 11) is 0. The van der Waals surface area contributed by atoms with Crippen molar-refractivity contribution in [1.29, 1.82) is 0 Å². The fourth-order valence-electron chi connectivity index (χ4n) is 3.30. The Labute approximate surface area is 185 Å². The maximum Gasteiger partial charge on any atom is 0.268 e. The largest absolute Gasteiger partial charge is 0.454 e. The second-order valence-electron chi connectivity index (χ2n) is 7.12. The summed E-state index contributed by atoms with van der Waals surface area (Å²) in [4.78, 5) is 17.6. The zero-order valence-electron chi connectivity index (χ0n) is 16.8. The van der Waals surface area contributed by atoms with Crippen LogP contribution in [0.3, 0.4) is 0 Å². The van der Waals surface area contributed by atoms with Gasteiger partial charge in [-0.05, 0) is 43.3 Å². The van der Waals surface area contributed by atoms with Gasteiger partial charge >= 0.3 is 0 Å². The van der Waals surface area contributed by atoms with Gasteiger partial charge in [0.15, 0.2) is 11.5 Å². The van der Waals surface area contributed by atoms with Crippen LogP contribution in [0, 0.1) is 18.6 Å². The molecule has 7 nitrogen and oxygen atoms in total. The van der Waals surface area contributed by atoms with Crippen molar-refractivity contribution < 1.29 is 23.0 Å². The standard InChI is InChI=1S/C22H16F2N4O3S/c1-12-8-26-28(10-14-6-15(23)3-4-16(14)24)20(12)27-21(29)19-9-25-22(32-19)13-2-5-17-18(7-13)31-11-30-17/h2-9H,10-11H2,1H3,(H,27,29). The lowest BCUT2D eigenvalue weighted by Gasteiger charge is -2.10. The Morgan fingerprint density at radius 1 is 1.16 bits per heavy atom. The minimum Gasteiger partial charge on any atom is -0.454 e. The average Bonchev–Trinajstić information content (AvgIpc) is 3.52. The molecule has 1 amide bonds. The van der Waals surface area contributed by atoms with Gasteiger partial charge in [0, 0.05) is 16.7 Å². The van der Waals surface area contributed by atoms with Crippen molar-refractivity contribution in [1.82, 2.24) is 14.8 Å². The number of hydrogen-bond donors (Lipinski definition) is 1. The zero-order valence-corrected chi connectivity index (χ0v) is 17.6. The van der Waals surface area contributed by atoms with E-state index < -0.39 is 11.6 Å². The Morgan fingerprint density at radius 3 is 2.88 bits per heavy atom. The highest BCUT2D eigenvalue weighted by atomic mass is 32.1. The summed E-state index contributed by atoms with van der Waals surface area (Å²) in [5.41, 5.74) is 1.63. The third-order valence-electron chi connectivity index (χ3n) is 4.93. The van der Waals surface area contributed by atoms with Gasteiger partial charge in [0.25, 0.3) is 5.91 Å². The van der Waals surface area contributed by atoms with Gasteiger partial charge in [-0.3, -0.25) is 4.79 Å². The van der Waals surface area contributed by atoms with Crippen molar-refractivity contribution in [2.75, 3.05) is 12.1 Å². The lowest BCUT2D eigenvalue weighted by atomic mass is 10.2. The van der Waals surface area contributed by atoms with Crippen LogP contribution >= 0.6 is 11.3 Å². The molecule has 162 valence electrons. The van der Waals surface area contributed by atoms with E-state index in [-0.39, 0.29) is 24.8 Å². The highest BCUT2D eigenvalue weighted by Gasteiger charge is 2.19. The lowest BCUT2D eigenvalue weighted by molar-refractivity contribution is 0.102. The number of thiazole rings is 1. The first-order valence-corrected chi connectivity index (χ1v) is 10.4. The molecule has 32 heavy (non-hydrogen) atoms. The van der Waals surface area contributed by atoms with Crippen LogP contribution in [-0.2, 0) is 6.54 Å². The van der Waals surface area contributed by atoms with Crippen molar-refractivity contribution in [2.24, 2.45) is 0 Å². The van der Waals surface area contributed by atoms with Gasteiger partial charge in [-0.15, -0.1) is 11.3 Å². The van der Waals surface area contributed by atoms with Crippen molar-refractivity contribution >= 4 is 23.1 Å². The van der Waals surface area contributed by atoms with Crippen LogP contribution in [0.4, 0.5) is 14.6 Å². The Morgan fingerprint density at radius 2 is 2.00 bits per heavy atom. The second-order valence-corrected chi connectivity index (χ2v) is 8.15. The lowest BCUT2D eigenvalue weighted by Crippen LogP contribution is -2.16. The second kappa shape index (κ2) is 8.04. The van der Waals surface area contributed by atoms with Gasteiger partial charge in [0.1, 0.15) is 27.3 Å². The molecule has 0 fully saturated rings. The molecule has 2 aromatic heterocycles. The molecule has 2 aromatic carbocycles. The van der Waals surface area contributed by atoms with E-state index in [0.717, 1.165) is 23.8 Å². The predicted octanol–water partition coefficient (Wildman–Crippen LogP) is 4.62. The minimum absolute atomic E-state index is 0.0296. The first kappa shape index (κ1) is 20.1. The van der Waals surface area contributed by atoms with Crippen LogP contribution in [0.15, 0.2) is 48.8 Å². The molecule has 0 saturated carbocycles. The van der Waals surface area contributed by atoms with Crippen LogP contribution in [0.25, 0.3) is 10.6 Å². The van der Waals surface area contributed by atoms with E-state index in [1.807, 2.05) is 12.1 Å². The van der Waals surface area contributed by atoms with E-state index in [1.165, 1.54) is 22.2 Å². The summed E-state index contributed by atoms with van der Waals surface area (Å²) in [6.07, 6.45) is 3.04. The first-order valence-electron chi connectivity index (χ1n) is 9.61. The number of nitrogens with one attached hydrogen (secondary N) is 1. The molecule has 5 rings (SSSR count). The molecule has 10 heteroatoms. The van der Waals surface area contributed by atoms with E-state index in [2.05, 4.69) is 15.4 Å². The number of benzene rings is 2. The number of rotatable bonds is 5. The van der Waals surface area contributed by atoms with Crippen molar-refractivity contribution in [2.45, 2.75) is 13.5 Å². The predicted molar refractivity (Wildman–Crippen MR) is 114 cm³/mol. The van der Waals surface area contributed by atoms with Gasteiger partial charge < -0.3 is 14.8 Å². The number of ether oxygens (including phenoxy) is 2. The third kappa shape index (κ3) is 3.80. The SMILES string of the molecule is Cc1cnn(Cc2cc(F)ccc2F)c1NC(=O)c1cnc(-c2ccc3c(c2)OCO3)s1. The smallest absolute Gasteiger partial charge is 0.268 e. The van der Waals surface area contributed by atoms with E-state index in [0.29, 0.717) is 32.8 Å². The maximum absolute atomic E-state index is 14.0. The molecule has 4 aromatic rings. The topological polar surface area (TPSA) is 78.3 Å². The highest BCUT2D eigenvalue weighted by molar-refractivity contribution is 7.17. The van der Waals surface area contributed by atoms with Gasteiger partial charge in [-0.2, -0.15) is 5.10 Å². The molecule has 0 unspecified atom stereocenters. The maximum atomic E-state index is 14.0. The molecule has 0 saturated heterocycles. The number of amides is 1. The molecule has 1 aliphatic rings.